The number of rotatable bonds is 2. The predicted molar refractivity (Wildman–Crippen MR) is 79.4 cm³/mol. The summed E-state index contributed by atoms with van der Waals surface area (Å²) in [5, 5.41) is 0.620. The van der Waals surface area contributed by atoms with E-state index in [2.05, 4.69) is 16.0 Å². The Bertz CT molecular complexity index is 571. The van der Waals surface area contributed by atoms with Crippen molar-refractivity contribution in [3.63, 3.8) is 0 Å². The maximum Gasteiger partial charge on any atom is 0.0741 e. The van der Waals surface area contributed by atoms with Gasteiger partial charge in [0.2, 0.25) is 0 Å². The molecule has 1 aliphatic rings. The molecule has 0 spiro atoms. The van der Waals surface area contributed by atoms with Gasteiger partial charge < -0.3 is 10.6 Å². The highest BCUT2D eigenvalue weighted by atomic mass is 35.5. The molecule has 0 bridgehead atoms. The molecule has 19 heavy (non-hydrogen) atoms. The molecule has 2 heterocycles. The van der Waals surface area contributed by atoms with Crippen molar-refractivity contribution in [2.24, 2.45) is 0 Å². The quantitative estimate of drug-likeness (QED) is 0.849. The van der Waals surface area contributed by atoms with Gasteiger partial charge in [-0.1, -0.05) is 23.7 Å². The van der Waals surface area contributed by atoms with E-state index in [0.717, 1.165) is 25.1 Å². The SMILES string of the molecule is Nc1c(Cl)cccc1N1CCCC1c1cccnc1. The summed E-state index contributed by atoms with van der Waals surface area (Å²) in [6.45, 7) is 1.00. The first-order valence-corrected chi connectivity index (χ1v) is 6.86. The minimum Gasteiger partial charge on any atom is -0.396 e. The van der Waals surface area contributed by atoms with Crippen LogP contribution in [0.5, 0.6) is 0 Å². The molecule has 3 rings (SSSR count). The number of hydrogen-bond donors (Lipinski definition) is 1. The van der Waals surface area contributed by atoms with Crippen molar-refractivity contribution in [3.05, 3.63) is 53.3 Å². The molecule has 1 saturated heterocycles. The summed E-state index contributed by atoms with van der Waals surface area (Å²) in [5.74, 6) is 0. The fraction of sp³-hybridized carbons (Fsp3) is 0.267. The number of benzene rings is 1. The van der Waals surface area contributed by atoms with E-state index in [-0.39, 0.29) is 0 Å². The van der Waals surface area contributed by atoms with E-state index in [9.17, 15) is 0 Å². The van der Waals surface area contributed by atoms with Gasteiger partial charge >= 0.3 is 0 Å². The van der Waals surface area contributed by atoms with Crippen molar-refractivity contribution in [3.8, 4) is 0 Å². The number of hydrogen-bond acceptors (Lipinski definition) is 3. The summed E-state index contributed by atoms with van der Waals surface area (Å²) < 4.78 is 0. The number of halogens is 1. The van der Waals surface area contributed by atoms with Crippen LogP contribution in [0.4, 0.5) is 11.4 Å². The van der Waals surface area contributed by atoms with Crippen molar-refractivity contribution in [1.29, 1.82) is 0 Å². The molecular formula is C15H16ClN3. The van der Waals surface area contributed by atoms with E-state index >= 15 is 0 Å². The third-order valence-corrected chi connectivity index (χ3v) is 3.99. The van der Waals surface area contributed by atoms with Crippen LogP contribution in [0, 0.1) is 0 Å². The molecule has 1 aromatic heterocycles. The van der Waals surface area contributed by atoms with Gasteiger partial charge in [0.15, 0.2) is 0 Å². The molecule has 1 unspecified atom stereocenters. The zero-order chi connectivity index (χ0) is 13.2. The molecule has 0 radical (unpaired) electrons. The second-order valence-electron chi connectivity index (χ2n) is 4.81. The Balaban J connectivity index is 1.98. The Morgan fingerprint density at radius 1 is 1.26 bits per heavy atom. The Morgan fingerprint density at radius 2 is 2.16 bits per heavy atom. The van der Waals surface area contributed by atoms with Gasteiger partial charge in [0.05, 0.1) is 22.4 Å². The summed E-state index contributed by atoms with van der Waals surface area (Å²) in [6.07, 6.45) is 6.02. The average molecular weight is 274 g/mol. The highest BCUT2D eigenvalue weighted by molar-refractivity contribution is 6.33. The minimum atomic E-state index is 0.342. The average Bonchev–Trinajstić information content (AvgIpc) is 2.92. The van der Waals surface area contributed by atoms with Crippen LogP contribution in [-0.2, 0) is 0 Å². The lowest BCUT2D eigenvalue weighted by Crippen LogP contribution is -2.23. The second-order valence-corrected chi connectivity index (χ2v) is 5.22. The second kappa shape index (κ2) is 5.10. The number of para-hydroxylation sites is 1. The first-order valence-electron chi connectivity index (χ1n) is 6.48. The van der Waals surface area contributed by atoms with E-state index in [4.69, 9.17) is 17.3 Å². The lowest BCUT2D eigenvalue weighted by molar-refractivity contribution is 0.716. The Kier molecular flexibility index (Phi) is 3.30. The molecule has 4 heteroatoms. The third-order valence-electron chi connectivity index (χ3n) is 3.66. The van der Waals surface area contributed by atoms with Gasteiger partial charge in [-0.15, -0.1) is 0 Å². The van der Waals surface area contributed by atoms with Gasteiger partial charge in [0, 0.05) is 18.9 Å². The summed E-state index contributed by atoms with van der Waals surface area (Å²) in [6, 6.07) is 10.3. The third kappa shape index (κ3) is 2.26. The standard InChI is InChI=1S/C15H16ClN3/c16-12-5-1-6-14(15(12)17)19-9-3-7-13(19)11-4-2-8-18-10-11/h1-2,4-6,8,10,13H,3,7,9,17H2. The van der Waals surface area contributed by atoms with Crippen LogP contribution in [0.1, 0.15) is 24.4 Å². The number of pyridine rings is 1. The van der Waals surface area contributed by atoms with Crippen LogP contribution >= 0.6 is 11.6 Å². The molecule has 1 atom stereocenters. The number of anilines is 2. The molecule has 1 fully saturated rings. The number of nitrogens with two attached hydrogens (primary N) is 1. The van der Waals surface area contributed by atoms with E-state index in [1.54, 1.807) is 6.20 Å². The summed E-state index contributed by atoms with van der Waals surface area (Å²) in [5.41, 5.74) is 9.04. The van der Waals surface area contributed by atoms with Crippen LogP contribution in [0.25, 0.3) is 0 Å². The zero-order valence-corrected chi connectivity index (χ0v) is 11.3. The topological polar surface area (TPSA) is 42.1 Å². The molecule has 3 nitrogen and oxygen atoms in total. The maximum atomic E-state index is 6.12. The molecule has 1 aliphatic heterocycles. The molecule has 2 aromatic rings. The molecule has 1 aromatic carbocycles. The number of nitrogen functional groups attached to an aromatic ring is 1. The lowest BCUT2D eigenvalue weighted by atomic mass is 10.1. The molecule has 0 saturated carbocycles. The Morgan fingerprint density at radius 3 is 2.95 bits per heavy atom. The van der Waals surface area contributed by atoms with Crippen LogP contribution in [0.2, 0.25) is 5.02 Å². The smallest absolute Gasteiger partial charge is 0.0741 e. The zero-order valence-electron chi connectivity index (χ0n) is 10.6. The van der Waals surface area contributed by atoms with Crippen LogP contribution in [0.15, 0.2) is 42.7 Å². The number of aromatic nitrogens is 1. The first kappa shape index (κ1) is 12.3. The van der Waals surface area contributed by atoms with Gasteiger partial charge in [-0.05, 0) is 36.6 Å². The first-order chi connectivity index (χ1) is 9.27. The Hall–Kier alpha value is -1.74. The molecule has 2 N–H and O–H groups in total. The molecular weight excluding hydrogens is 258 g/mol. The fourth-order valence-corrected chi connectivity index (χ4v) is 2.92. The van der Waals surface area contributed by atoms with Gasteiger partial charge in [-0.2, -0.15) is 0 Å². The van der Waals surface area contributed by atoms with Crippen LogP contribution < -0.4 is 10.6 Å². The van der Waals surface area contributed by atoms with Crippen molar-refractivity contribution in [2.45, 2.75) is 18.9 Å². The fourth-order valence-electron chi connectivity index (χ4n) is 2.75. The van der Waals surface area contributed by atoms with Crippen molar-refractivity contribution >= 4 is 23.0 Å². The molecule has 0 aliphatic carbocycles. The summed E-state index contributed by atoms with van der Waals surface area (Å²) in [7, 11) is 0. The Labute approximate surface area is 118 Å². The molecule has 0 amide bonds. The monoisotopic (exact) mass is 273 g/mol. The highest BCUT2D eigenvalue weighted by Crippen LogP contribution is 2.40. The lowest BCUT2D eigenvalue weighted by Gasteiger charge is -2.28. The van der Waals surface area contributed by atoms with Gasteiger partial charge in [0.25, 0.3) is 0 Å². The molecule has 98 valence electrons. The van der Waals surface area contributed by atoms with E-state index in [0.29, 0.717) is 16.8 Å². The normalized spacial score (nSPS) is 18.8. The van der Waals surface area contributed by atoms with Gasteiger partial charge in [-0.25, -0.2) is 0 Å². The summed E-state index contributed by atoms with van der Waals surface area (Å²) >= 11 is 6.12. The minimum absolute atomic E-state index is 0.342. The van der Waals surface area contributed by atoms with E-state index in [1.807, 2.05) is 30.5 Å². The maximum absolute atomic E-state index is 6.12. The predicted octanol–water partition coefficient (Wildman–Crippen LogP) is 3.66. The number of nitrogens with zero attached hydrogens (tertiary/aromatic N) is 2. The van der Waals surface area contributed by atoms with E-state index in [1.165, 1.54) is 5.56 Å². The van der Waals surface area contributed by atoms with Gasteiger partial charge in [-0.3, -0.25) is 4.98 Å². The summed E-state index contributed by atoms with van der Waals surface area (Å²) in [4.78, 5) is 6.54. The largest absolute Gasteiger partial charge is 0.396 e. The van der Waals surface area contributed by atoms with Crippen LogP contribution in [0.3, 0.4) is 0 Å². The highest BCUT2D eigenvalue weighted by Gasteiger charge is 2.27. The van der Waals surface area contributed by atoms with Crippen LogP contribution in [-0.4, -0.2) is 11.5 Å². The van der Waals surface area contributed by atoms with E-state index < -0.39 is 0 Å². The van der Waals surface area contributed by atoms with Crippen molar-refractivity contribution in [2.75, 3.05) is 17.2 Å². The van der Waals surface area contributed by atoms with Crippen molar-refractivity contribution in [1.82, 2.24) is 4.98 Å². The van der Waals surface area contributed by atoms with Gasteiger partial charge in [0.1, 0.15) is 0 Å². The van der Waals surface area contributed by atoms with Crippen molar-refractivity contribution < 1.29 is 0 Å².